The van der Waals surface area contributed by atoms with Gasteiger partial charge in [0.15, 0.2) is 0 Å². The van der Waals surface area contributed by atoms with Gasteiger partial charge in [0.05, 0.1) is 11.5 Å². The van der Waals surface area contributed by atoms with Gasteiger partial charge in [0.2, 0.25) is 5.91 Å². The number of non-ortho nitro benzene ring substituents is 1. The third kappa shape index (κ3) is 6.98. The van der Waals surface area contributed by atoms with Gasteiger partial charge < -0.3 is 19.7 Å². The minimum atomic E-state index is -0.510. The second-order valence-electron chi connectivity index (χ2n) is 7.68. The van der Waals surface area contributed by atoms with Gasteiger partial charge in [-0.1, -0.05) is 19.9 Å². The van der Waals surface area contributed by atoms with Crippen molar-refractivity contribution >= 4 is 23.3 Å². The SMILES string of the molecule is C=CCN(CC(=O)N(Cc1cccn1C)CC(C)C)C(=O)Nc1ccc([N+](=O)[O-])cc1. The van der Waals surface area contributed by atoms with Crippen LogP contribution in [0.3, 0.4) is 0 Å². The van der Waals surface area contributed by atoms with Crippen LogP contribution in [0.5, 0.6) is 0 Å². The molecule has 1 heterocycles. The maximum Gasteiger partial charge on any atom is 0.322 e. The zero-order chi connectivity index (χ0) is 23.0. The fourth-order valence-corrected chi connectivity index (χ4v) is 3.06. The number of nitro groups is 1. The number of nitro benzene ring substituents is 1. The topological polar surface area (TPSA) is 101 Å². The largest absolute Gasteiger partial charge is 0.353 e. The number of urea groups is 1. The molecule has 1 aromatic heterocycles. The van der Waals surface area contributed by atoms with Crippen molar-refractivity contribution in [1.29, 1.82) is 0 Å². The van der Waals surface area contributed by atoms with Crippen LogP contribution in [0.2, 0.25) is 0 Å². The molecule has 1 N–H and O–H groups in total. The van der Waals surface area contributed by atoms with Gasteiger partial charge >= 0.3 is 6.03 Å². The molecule has 0 spiro atoms. The summed E-state index contributed by atoms with van der Waals surface area (Å²) in [5, 5.41) is 13.5. The summed E-state index contributed by atoms with van der Waals surface area (Å²) in [6.45, 7) is 8.83. The van der Waals surface area contributed by atoms with E-state index in [1.54, 1.807) is 11.0 Å². The van der Waals surface area contributed by atoms with E-state index in [0.29, 0.717) is 18.8 Å². The van der Waals surface area contributed by atoms with Crippen molar-refractivity contribution in [3.8, 4) is 0 Å². The second kappa shape index (κ2) is 11.0. The average molecular weight is 428 g/mol. The quantitative estimate of drug-likeness (QED) is 0.355. The Labute approximate surface area is 182 Å². The normalized spacial score (nSPS) is 10.6. The smallest absolute Gasteiger partial charge is 0.322 e. The van der Waals surface area contributed by atoms with Crippen LogP contribution in [0.15, 0.2) is 55.3 Å². The summed E-state index contributed by atoms with van der Waals surface area (Å²) in [4.78, 5) is 39.2. The lowest BCUT2D eigenvalue weighted by atomic mass is 10.2. The van der Waals surface area contributed by atoms with Gasteiger partial charge in [0.25, 0.3) is 5.69 Å². The Hall–Kier alpha value is -3.62. The molecule has 9 heteroatoms. The molecule has 0 aliphatic carbocycles. The summed E-state index contributed by atoms with van der Waals surface area (Å²) in [5.74, 6) is 0.0987. The first kappa shape index (κ1) is 23.7. The van der Waals surface area contributed by atoms with Crippen molar-refractivity contribution in [2.24, 2.45) is 13.0 Å². The molecule has 0 radical (unpaired) electrons. The molecule has 0 saturated carbocycles. The fraction of sp³-hybridized carbons (Fsp3) is 0.364. The summed E-state index contributed by atoms with van der Waals surface area (Å²) in [6.07, 6.45) is 3.47. The molecule has 166 valence electrons. The Bertz CT molecular complexity index is 920. The molecule has 0 fully saturated rings. The van der Waals surface area contributed by atoms with Crippen molar-refractivity contribution in [3.05, 3.63) is 71.1 Å². The predicted octanol–water partition coefficient (Wildman–Crippen LogP) is 3.64. The lowest BCUT2D eigenvalue weighted by Crippen LogP contribution is -2.45. The Morgan fingerprint density at radius 3 is 2.42 bits per heavy atom. The van der Waals surface area contributed by atoms with E-state index in [0.717, 1.165) is 5.69 Å². The van der Waals surface area contributed by atoms with Gasteiger partial charge in [-0.2, -0.15) is 0 Å². The van der Waals surface area contributed by atoms with Crippen LogP contribution >= 0.6 is 0 Å². The van der Waals surface area contributed by atoms with E-state index in [2.05, 4.69) is 11.9 Å². The number of rotatable bonds is 10. The van der Waals surface area contributed by atoms with E-state index in [1.807, 2.05) is 43.8 Å². The summed E-state index contributed by atoms with van der Waals surface area (Å²) < 4.78 is 1.96. The zero-order valence-electron chi connectivity index (χ0n) is 18.2. The third-order valence-electron chi connectivity index (χ3n) is 4.63. The Morgan fingerprint density at radius 1 is 1.23 bits per heavy atom. The van der Waals surface area contributed by atoms with Gasteiger partial charge in [-0.05, 0) is 30.2 Å². The minimum absolute atomic E-state index is 0.0684. The Kier molecular flexibility index (Phi) is 8.36. The molecular weight excluding hydrogens is 398 g/mol. The van der Waals surface area contributed by atoms with E-state index >= 15 is 0 Å². The van der Waals surface area contributed by atoms with Crippen LogP contribution in [-0.4, -0.2) is 50.9 Å². The minimum Gasteiger partial charge on any atom is -0.353 e. The number of nitrogens with one attached hydrogen (secondary N) is 1. The monoisotopic (exact) mass is 427 g/mol. The number of aryl methyl sites for hydroxylation is 1. The van der Waals surface area contributed by atoms with E-state index in [1.165, 1.54) is 29.2 Å². The van der Waals surface area contributed by atoms with Gasteiger partial charge in [0.1, 0.15) is 6.54 Å². The highest BCUT2D eigenvalue weighted by atomic mass is 16.6. The van der Waals surface area contributed by atoms with Crippen LogP contribution in [-0.2, 0) is 18.4 Å². The van der Waals surface area contributed by atoms with Gasteiger partial charge in [0, 0.05) is 49.8 Å². The van der Waals surface area contributed by atoms with Gasteiger partial charge in [-0.25, -0.2) is 4.79 Å². The number of hydrogen-bond acceptors (Lipinski definition) is 4. The molecule has 2 aromatic rings. The molecule has 0 bridgehead atoms. The molecule has 1 aromatic carbocycles. The summed E-state index contributed by atoms with van der Waals surface area (Å²) >= 11 is 0. The average Bonchev–Trinajstić information content (AvgIpc) is 3.11. The molecule has 3 amide bonds. The van der Waals surface area contributed by atoms with Crippen LogP contribution in [0, 0.1) is 16.0 Å². The second-order valence-corrected chi connectivity index (χ2v) is 7.68. The standard InChI is InChI=1S/C22H29N5O4/c1-5-12-25(22(29)23-18-8-10-19(11-9-18)27(30)31)16-21(28)26(14-17(2)3)15-20-7-6-13-24(20)4/h5-11,13,17H,1,12,14-16H2,2-4H3,(H,23,29). The molecule has 9 nitrogen and oxygen atoms in total. The summed E-state index contributed by atoms with van der Waals surface area (Å²) in [6, 6.07) is 8.92. The number of benzene rings is 1. The number of nitrogens with zero attached hydrogens (tertiary/aromatic N) is 4. The maximum absolute atomic E-state index is 13.1. The number of aromatic nitrogens is 1. The van der Waals surface area contributed by atoms with Gasteiger partial charge in [-0.15, -0.1) is 6.58 Å². The highest BCUT2D eigenvalue weighted by Crippen LogP contribution is 2.16. The number of carbonyl (C=O) groups excluding carboxylic acids is 2. The van der Waals surface area contributed by atoms with Gasteiger partial charge in [-0.3, -0.25) is 14.9 Å². The maximum atomic E-state index is 13.1. The number of amides is 3. The summed E-state index contributed by atoms with van der Waals surface area (Å²) in [5.41, 5.74) is 1.33. The lowest BCUT2D eigenvalue weighted by molar-refractivity contribution is -0.384. The molecule has 0 aliphatic rings. The Morgan fingerprint density at radius 2 is 1.90 bits per heavy atom. The van der Waals surface area contributed by atoms with Crippen LogP contribution in [0.25, 0.3) is 0 Å². The Balaban J connectivity index is 2.09. The first-order valence-corrected chi connectivity index (χ1v) is 10.0. The fourth-order valence-electron chi connectivity index (χ4n) is 3.06. The number of carbonyl (C=O) groups is 2. The predicted molar refractivity (Wildman–Crippen MR) is 120 cm³/mol. The van der Waals surface area contributed by atoms with Crippen LogP contribution in [0.1, 0.15) is 19.5 Å². The van der Waals surface area contributed by atoms with Crippen molar-refractivity contribution in [3.63, 3.8) is 0 Å². The van der Waals surface area contributed by atoms with Crippen LogP contribution in [0.4, 0.5) is 16.2 Å². The van der Waals surface area contributed by atoms with E-state index < -0.39 is 11.0 Å². The number of hydrogen-bond donors (Lipinski definition) is 1. The van der Waals surface area contributed by atoms with E-state index in [9.17, 15) is 19.7 Å². The van der Waals surface area contributed by atoms with Crippen molar-refractivity contribution in [1.82, 2.24) is 14.4 Å². The number of anilines is 1. The molecule has 2 rings (SSSR count). The summed E-state index contributed by atoms with van der Waals surface area (Å²) in [7, 11) is 1.93. The zero-order valence-corrected chi connectivity index (χ0v) is 18.2. The highest BCUT2D eigenvalue weighted by Gasteiger charge is 2.22. The third-order valence-corrected chi connectivity index (χ3v) is 4.63. The lowest BCUT2D eigenvalue weighted by Gasteiger charge is -2.28. The van der Waals surface area contributed by atoms with E-state index in [-0.39, 0.29) is 30.6 Å². The van der Waals surface area contributed by atoms with Crippen molar-refractivity contribution in [2.75, 3.05) is 25.0 Å². The molecule has 0 aliphatic heterocycles. The highest BCUT2D eigenvalue weighted by molar-refractivity contribution is 5.92. The molecule has 0 atom stereocenters. The first-order valence-electron chi connectivity index (χ1n) is 10.0. The first-order chi connectivity index (χ1) is 14.7. The molecular formula is C22H29N5O4. The van der Waals surface area contributed by atoms with Crippen LogP contribution < -0.4 is 5.32 Å². The molecule has 0 saturated heterocycles. The molecule has 0 unspecified atom stereocenters. The van der Waals surface area contributed by atoms with E-state index in [4.69, 9.17) is 0 Å². The van der Waals surface area contributed by atoms with Crippen molar-refractivity contribution in [2.45, 2.75) is 20.4 Å². The molecule has 31 heavy (non-hydrogen) atoms. The van der Waals surface area contributed by atoms with Crippen molar-refractivity contribution < 1.29 is 14.5 Å².